The lowest BCUT2D eigenvalue weighted by molar-refractivity contribution is -0.191. The van der Waals surface area contributed by atoms with E-state index in [1.807, 2.05) is 6.07 Å². The van der Waals surface area contributed by atoms with Gasteiger partial charge in [-0.15, -0.1) is 0 Å². The average Bonchev–Trinajstić information content (AvgIpc) is 3.24. The summed E-state index contributed by atoms with van der Waals surface area (Å²) in [5.41, 5.74) is 0. The van der Waals surface area contributed by atoms with E-state index in [1.165, 1.54) is 0 Å². The van der Waals surface area contributed by atoms with Crippen LogP contribution in [0.4, 0.5) is 0 Å². The van der Waals surface area contributed by atoms with Crippen molar-refractivity contribution in [2.24, 2.45) is 0 Å². The van der Waals surface area contributed by atoms with E-state index in [0.29, 0.717) is 32.1 Å². The Labute approximate surface area is 140 Å². The highest BCUT2D eigenvalue weighted by Crippen LogP contribution is 2.32. The third-order valence-corrected chi connectivity index (χ3v) is 4.98. The standard InChI is InChI=1S/C16H24N2O6/c19-8-11-2-1-10(23-11)7-17-13-12-9-22-16(24-12)14(15(13)20)18-3-5-21-6-4-18/h1-2,12-17,19-20H,3-9H2. The molecule has 2 bridgehead atoms. The number of rotatable bonds is 5. The maximum Gasteiger partial charge on any atom is 0.176 e. The largest absolute Gasteiger partial charge is 0.462 e. The summed E-state index contributed by atoms with van der Waals surface area (Å²) in [7, 11) is 0. The fourth-order valence-corrected chi connectivity index (χ4v) is 3.74. The molecule has 8 nitrogen and oxygen atoms in total. The van der Waals surface area contributed by atoms with E-state index in [1.54, 1.807) is 6.07 Å². The third-order valence-electron chi connectivity index (χ3n) is 4.98. The Morgan fingerprint density at radius 1 is 1.21 bits per heavy atom. The zero-order valence-corrected chi connectivity index (χ0v) is 13.5. The van der Waals surface area contributed by atoms with Gasteiger partial charge in [0.2, 0.25) is 0 Å². The number of aliphatic hydroxyl groups excluding tert-OH is 2. The molecule has 4 rings (SSSR count). The first-order valence-electron chi connectivity index (χ1n) is 8.45. The fraction of sp³-hybridized carbons (Fsp3) is 0.750. The van der Waals surface area contributed by atoms with E-state index in [2.05, 4.69) is 10.2 Å². The lowest BCUT2D eigenvalue weighted by atomic mass is 9.94. The van der Waals surface area contributed by atoms with Gasteiger partial charge in [0.1, 0.15) is 24.2 Å². The van der Waals surface area contributed by atoms with Crippen LogP contribution < -0.4 is 5.32 Å². The summed E-state index contributed by atoms with van der Waals surface area (Å²) < 4.78 is 22.6. The van der Waals surface area contributed by atoms with Gasteiger partial charge >= 0.3 is 0 Å². The monoisotopic (exact) mass is 340 g/mol. The number of hydrogen-bond donors (Lipinski definition) is 3. The van der Waals surface area contributed by atoms with Crippen molar-refractivity contribution >= 4 is 0 Å². The van der Waals surface area contributed by atoms with Gasteiger partial charge in [-0.2, -0.15) is 0 Å². The second-order valence-electron chi connectivity index (χ2n) is 6.44. The second kappa shape index (κ2) is 7.09. The number of fused-ring (bicyclic) bond motifs is 2. The molecule has 0 spiro atoms. The van der Waals surface area contributed by atoms with Crippen LogP contribution >= 0.6 is 0 Å². The number of morpholine rings is 1. The average molecular weight is 340 g/mol. The molecule has 3 aliphatic heterocycles. The summed E-state index contributed by atoms with van der Waals surface area (Å²) in [4.78, 5) is 2.19. The zero-order valence-electron chi connectivity index (χ0n) is 13.5. The van der Waals surface area contributed by atoms with Crippen LogP contribution in [0.25, 0.3) is 0 Å². The van der Waals surface area contributed by atoms with Gasteiger partial charge in [-0.3, -0.25) is 4.90 Å². The molecule has 8 heteroatoms. The van der Waals surface area contributed by atoms with Gasteiger partial charge in [0.05, 0.1) is 44.6 Å². The Balaban J connectivity index is 1.43. The molecule has 0 aliphatic carbocycles. The molecule has 24 heavy (non-hydrogen) atoms. The Kier molecular flexibility index (Phi) is 4.86. The molecule has 1 aromatic rings. The smallest absolute Gasteiger partial charge is 0.176 e. The summed E-state index contributed by atoms with van der Waals surface area (Å²) in [5.74, 6) is 1.25. The second-order valence-corrected chi connectivity index (χ2v) is 6.44. The van der Waals surface area contributed by atoms with Crippen LogP contribution in [0.2, 0.25) is 0 Å². The molecule has 3 aliphatic rings. The first kappa shape index (κ1) is 16.5. The molecular formula is C16H24N2O6. The summed E-state index contributed by atoms with van der Waals surface area (Å²) >= 11 is 0. The summed E-state index contributed by atoms with van der Waals surface area (Å²) in [5, 5.41) is 23.3. The molecule has 5 unspecified atom stereocenters. The Hall–Kier alpha value is -1.00. The van der Waals surface area contributed by atoms with Crippen molar-refractivity contribution in [3.63, 3.8) is 0 Å². The van der Waals surface area contributed by atoms with E-state index < -0.39 is 6.10 Å². The van der Waals surface area contributed by atoms with E-state index in [-0.39, 0.29) is 31.1 Å². The van der Waals surface area contributed by atoms with Gasteiger partial charge in [0, 0.05) is 13.1 Å². The molecule has 0 amide bonds. The fourth-order valence-electron chi connectivity index (χ4n) is 3.74. The minimum Gasteiger partial charge on any atom is -0.462 e. The number of furan rings is 1. The van der Waals surface area contributed by atoms with Crippen molar-refractivity contribution in [3.05, 3.63) is 23.7 Å². The first-order chi connectivity index (χ1) is 11.8. The number of hydrogen-bond acceptors (Lipinski definition) is 8. The van der Waals surface area contributed by atoms with Crippen molar-refractivity contribution in [3.8, 4) is 0 Å². The SMILES string of the molecule is OCc1ccc(CNC2C3COC(O3)C(N3CCOCC3)C2O)o1. The topological polar surface area (TPSA) is 96.6 Å². The summed E-state index contributed by atoms with van der Waals surface area (Å²) in [6.07, 6.45) is -1.15. The normalized spacial score (nSPS) is 37.0. The minimum absolute atomic E-state index is 0.119. The van der Waals surface area contributed by atoms with Gasteiger partial charge in [0.25, 0.3) is 0 Å². The highest BCUT2D eigenvalue weighted by atomic mass is 16.7. The molecule has 3 N–H and O–H groups in total. The molecule has 0 saturated carbocycles. The number of aliphatic hydroxyl groups is 2. The molecule has 1 aromatic heterocycles. The van der Waals surface area contributed by atoms with E-state index in [9.17, 15) is 5.11 Å². The Morgan fingerprint density at radius 3 is 2.75 bits per heavy atom. The maximum atomic E-state index is 10.9. The number of ether oxygens (including phenoxy) is 3. The van der Waals surface area contributed by atoms with Gasteiger partial charge in [-0.05, 0) is 12.1 Å². The van der Waals surface area contributed by atoms with Crippen molar-refractivity contribution < 1.29 is 28.8 Å². The van der Waals surface area contributed by atoms with Crippen molar-refractivity contribution in [2.45, 2.75) is 43.7 Å². The lowest BCUT2D eigenvalue weighted by Crippen LogP contribution is -2.65. The number of nitrogens with zero attached hydrogens (tertiary/aromatic N) is 1. The van der Waals surface area contributed by atoms with Crippen LogP contribution in [-0.4, -0.2) is 78.6 Å². The summed E-state index contributed by atoms with van der Waals surface area (Å²) in [6, 6.07) is 3.13. The summed E-state index contributed by atoms with van der Waals surface area (Å²) in [6.45, 7) is 3.66. The van der Waals surface area contributed by atoms with E-state index in [0.717, 1.165) is 18.8 Å². The van der Waals surface area contributed by atoms with Crippen LogP contribution in [0.1, 0.15) is 11.5 Å². The zero-order chi connectivity index (χ0) is 16.5. The van der Waals surface area contributed by atoms with Crippen LogP contribution in [0.5, 0.6) is 0 Å². The van der Waals surface area contributed by atoms with Crippen molar-refractivity contribution in [1.82, 2.24) is 10.2 Å². The van der Waals surface area contributed by atoms with E-state index in [4.69, 9.17) is 23.7 Å². The van der Waals surface area contributed by atoms with Gasteiger partial charge in [0.15, 0.2) is 6.29 Å². The highest BCUT2D eigenvalue weighted by molar-refractivity contribution is 5.08. The third kappa shape index (κ3) is 3.11. The van der Waals surface area contributed by atoms with Crippen LogP contribution in [0, 0.1) is 0 Å². The predicted octanol–water partition coefficient (Wildman–Crippen LogP) is -0.953. The first-order valence-corrected chi connectivity index (χ1v) is 8.45. The van der Waals surface area contributed by atoms with Gasteiger partial charge in [-0.25, -0.2) is 0 Å². The van der Waals surface area contributed by atoms with Crippen LogP contribution in [-0.2, 0) is 27.4 Å². The predicted molar refractivity (Wildman–Crippen MR) is 82.1 cm³/mol. The molecule has 134 valence electrons. The highest BCUT2D eigenvalue weighted by Gasteiger charge is 2.52. The minimum atomic E-state index is -0.596. The molecule has 4 heterocycles. The van der Waals surface area contributed by atoms with Gasteiger partial charge < -0.3 is 34.2 Å². The molecular weight excluding hydrogens is 316 g/mol. The Bertz CT molecular complexity index is 546. The quantitative estimate of drug-likeness (QED) is 0.631. The molecule has 0 aromatic carbocycles. The van der Waals surface area contributed by atoms with Crippen LogP contribution in [0.15, 0.2) is 16.5 Å². The van der Waals surface area contributed by atoms with Crippen molar-refractivity contribution in [1.29, 1.82) is 0 Å². The number of nitrogens with one attached hydrogen (secondary N) is 1. The molecule has 0 radical (unpaired) electrons. The van der Waals surface area contributed by atoms with E-state index >= 15 is 0 Å². The molecule has 3 fully saturated rings. The van der Waals surface area contributed by atoms with Crippen LogP contribution in [0.3, 0.4) is 0 Å². The van der Waals surface area contributed by atoms with Crippen molar-refractivity contribution in [2.75, 3.05) is 32.9 Å². The maximum absolute atomic E-state index is 10.9. The van der Waals surface area contributed by atoms with Gasteiger partial charge in [-0.1, -0.05) is 0 Å². The molecule has 3 saturated heterocycles. The lowest BCUT2D eigenvalue weighted by Gasteiger charge is -2.45. The Morgan fingerprint density at radius 2 is 2.00 bits per heavy atom. The molecule has 5 atom stereocenters.